The summed E-state index contributed by atoms with van der Waals surface area (Å²) in [4.78, 5) is 14.2. The molecular formula is C35H35F2N3O6S. The van der Waals surface area contributed by atoms with E-state index in [-0.39, 0.29) is 48.0 Å². The molecule has 2 aromatic heterocycles. The minimum atomic E-state index is -3.68. The van der Waals surface area contributed by atoms with Gasteiger partial charge in [-0.05, 0) is 74.6 Å². The number of aromatic nitrogens is 3. The smallest absolute Gasteiger partial charge is 0.303 e. The first-order valence-corrected chi connectivity index (χ1v) is 17.2. The highest BCUT2D eigenvalue weighted by Crippen LogP contribution is 2.38. The van der Waals surface area contributed by atoms with Gasteiger partial charge < -0.3 is 19.6 Å². The van der Waals surface area contributed by atoms with Gasteiger partial charge in [-0.3, -0.25) is 9.48 Å². The van der Waals surface area contributed by atoms with E-state index in [4.69, 9.17) is 9.47 Å². The molecule has 47 heavy (non-hydrogen) atoms. The fourth-order valence-corrected chi connectivity index (χ4v) is 8.03. The lowest BCUT2D eigenvalue weighted by Gasteiger charge is -2.27. The van der Waals surface area contributed by atoms with E-state index in [2.05, 4.69) is 10.1 Å². The standard InChI is InChI=1S/C35H35F2N3O6S/c1-35(2)21-47(43,44)17-13-26-25-10-14-38-30(25)20-29(37)34(26)46-24-7-8-28(36)27(19-24)32-11-15-39-40(32)31(12-16-45-35)23-5-3-4-22(18-23)6-9-33(41)42/h3-5,7-8,10-11,14-15,18-20,31,38H,6,9,12-13,16-17,21H2,1-2H3,(H,41,42). The molecule has 6 rings (SSSR count). The number of carboxylic acids is 1. The maximum atomic E-state index is 15.6. The normalized spacial score (nSPS) is 18.1. The minimum absolute atomic E-state index is 0.0129. The van der Waals surface area contributed by atoms with Crippen LogP contribution in [0.25, 0.3) is 22.2 Å². The summed E-state index contributed by atoms with van der Waals surface area (Å²) < 4.78 is 72.0. The molecule has 1 aliphatic heterocycles. The lowest BCUT2D eigenvalue weighted by molar-refractivity contribution is -0.136. The number of fused-ring (bicyclic) bond motifs is 7. The number of benzene rings is 3. The third-order valence-electron chi connectivity index (χ3n) is 8.34. The van der Waals surface area contributed by atoms with Gasteiger partial charge in [0.1, 0.15) is 11.6 Å². The first kappa shape index (κ1) is 32.4. The zero-order valence-electron chi connectivity index (χ0n) is 26.0. The Kier molecular flexibility index (Phi) is 8.91. The van der Waals surface area contributed by atoms with Gasteiger partial charge in [-0.15, -0.1) is 0 Å². The summed E-state index contributed by atoms with van der Waals surface area (Å²) in [7, 11) is -3.68. The number of hydrogen-bond donors (Lipinski definition) is 2. The number of carbonyl (C=O) groups is 1. The van der Waals surface area contributed by atoms with Crippen LogP contribution in [0.15, 0.2) is 73.1 Å². The maximum Gasteiger partial charge on any atom is 0.303 e. The number of aliphatic carboxylic acids is 1. The van der Waals surface area contributed by atoms with Crippen molar-refractivity contribution in [2.45, 2.75) is 51.2 Å². The van der Waals surface area contributed by atoms with E-state index in [9.17, 15) is 18.3 Å². The molecule has 0 spiro atoms. The first-order chi connectivity index (χ1) is 22.4. The van der Waals surface area contributed by atoms with Crippen molar-refractivity contribution in [1.82, 2.24) is 14.8 Å². The number of aromatic amines is 1. The number of nitrogens with zero attached hydrogens (tertiary/aromatic N) is 2. The van der Waals surface area contributed by atoms with E-state index in [0.29, 0.717) is 35.0 Å². The number of hydrogen-bond acceptors (Lipinski definition) is 6. The quantitative estimate of drug-likeness (QED) is 0.215. The number of aryl methyl sites for hydroxylation is 2. The van der Waals surface area contributed by atoms with Gasteiger partial charge in [0.15, 0.2) is 21.4 Å². The molecule has 0 saturated carbocycles. The maximum absolute atomic E-state index is 15.6. The topological polar surface area (TPSA) is 124 Å². The van der Waals surface area contributed by atoms with E-state index < -0.39 is 39.1 Å². The number of sulfone groups is 1. The monoisotopic (exact) mass is 663 g/mol. The van der Waals surface area contributed by atoms with E-state index in [1.54, 1.807) is 43.1 Å². The summed E-state index contributed by atoms with van der Waals surface area (Å²) in [6.07, 6.45) is 3.82. The molecule has 0 radical (unpaired) electrons. The second-order valence-corrected chi connectivity index (χ2v) is 14.6. The average Bonchev–Trinajstić information content (AvgIpc) is 3.68. The van der Waals surface area contributed by atoms with Crippen LogP contribution in [-0.2, 0) is 32.2 Å². The predicted octanol–water partition coefficient (Wildman–Crippen LogP) is 6.86. The van der Waals surface area contributed by atoms with Gasteiger partial charge in [0.25, 0.3) is 0 Å². The highest BCUT2D eigenvalue weighted by molar-refractivity contribution is 7.91. The van der Waals surface area contributed by atoms with Crippen molar-refractivity contribution in [2.24, 2.45) is 0 Å². The molecule has 0 amide bonds. The van der Waals surface area contributed by atoms with Gasteiger partial charge in [0, 0.05) is 53.5 Å². The molecule has 0 saturated heterocycles. The lowest BCUT2D eigenvalue weighted by Crippen LogP contribution is -2.36. The van der Waals surface area contributed by atoms with Gasteiger partial charge in [-0.25, -0.2) is 17.2 Å². The van der Waals surface area contributed by atoms with Crippen LogP contribution in [0.3, 0.4) is 0 Å². The van der Waals surface area contributed by atoms with Gasteiger partial charge in [-0.1, -0.05) is 24.3 Å². The molecule has 1 unspecified atom stereocenters. The van der Waals surface area contributed by atoms with Crippen molar-refractivity contribution in [2.75, 3.05) is 18.1 Å². The second kappa shape index (κ2) is 12.9. The molecule has 0 aliphatic carbocycles. The fraction of sp³-hybridized carbons (Fsp3) is 0.314. The van der Waals surface area contributed by atoms with Gasteiger partial charge in [0.2, 0.25) is 0 Å². The highest BCUT2D eigenvalue weighted by Gasteiger charge is 2.30. The van der Waals surface area contributed by atoms with Crippen LogP contribution in [0.5, 0.6) is 11.5 Å². The summed E-state index contributed by atoms with van der Waals surface area (Å²) in [6, 6.07) is 15.8. The molecule has 1 aliphatic rings. The zero-order chi connectivity index (χ0) is 33.3. The summed E-state index contributed by atoms with van der Waals surface area (Å²) >= 11 is 0. The van der Waals surface area contributed by atoms with Crippen molar-refractivity contribution in [3.8, 4) is 22.8 Å². The first-order valence-electron chi connectivity index (χ1n) is 15.3. The molecule has 3 heterocycles. The summed E-state index contributed by atoms with van der Waals surface area (Å²) in [5.41, 5.74) is 2.03. The summed E-state index contributed by atoms with van der Waals surface area (Å²) in [5, 5.41) is 14.4. The molecule has 3 aromatic carbocycles. The Hall–Kier alpha value is -4.55. The molecule has 2 N–H and O–H groups in total. The Morgan fingerprint density at radius 2 is 1.94 bits per heavy atom. The summed E-state index contributed by atoms with van der Waals surface area (Å²) in [6.45, 7) is 3.57. The number of halogens is 2. The molecule has 9 nitrogen and oxygen atoms in total. The third kappa shape index (κ3) is 7.23. The Labute approximate surface area is 271 Å². The summed E-state index contributed by atoms with van der Waals surface area (Å²) in [5.74, 6) is -2.65. The van der Waals surface area contributed by atoms with E-state index in [0.717, 1.165) is 11.1 Å². The molecule has 2 bridgehead atoms. The van der Waals surface area contributed by atoms with Crippen LogP contribution in [0.1, 0.15) is 49.4 Å². The van der Waals surface area contributed by atoms with E-state index in [1.165, 1.54) is 24.3 Å². The van der Waals surface area contributed by atoms with Crippen LogP contribution >= 0.6 is 0 Å². The van der Waals surface area contributed by atoms with Crippen molar-refractivity contribution in [3.05, 3.63) is 101 Å². The van der Waals surface area contributed by atoms with Gasteiger partial charge in [0.05, 0.1) is 28.8 Å². The fourth-order valence-electron chi connectivity index (χ4n) is 6.23. The number of carboxylic acid groups (broad SMARTS) is 1. The Balaban J connectivity index is 1.48. The van der Waals surface area contributed by atoms with Crippen molar-refractivity contribution in [3.63, 3.8) is 0 Å². The van der Waals surface area contributed by atoms with Crippen LogP contribution in [0, 0.1) is 11.6 Å². The minimum Gasteiger partial charge on any atom is -0.481 e. The van der Waals surface area contributed by atoms with Crippen molar-refractivity contribution in [1.29, 1.82) is 0 Å². The molecule has 1 atom stereocenters. The van der Waals surface area contributed by atoms with Gasteiger partial charge >= 0.3 is 5.97 Å². The number of H-pyrrole nitrogens is 1. The second-order valence-electron chi connectivity index (χ2n) is 12.4. The van der Waals surface area contributed by atoms with Crippen LogP contribution in [-0.4, -0.2) is 58.0 Å². The SMILES string of the molecule is CC1(C)CS(=O)(=O)CCc2c(c(F)cc3[nH]ccc23)Oc2ccc(F)c(c2)-c2ccnn2C(c2cccc(CCC(=O)O)c2)CCO1. The van der Waals surface area contributed by atoms with Crippen LogP contribution < -0.4 is 4.74 Å². The number of ether oxygens (including phenoxy) is 2. The predicted molar refractivity (Wildman–Crippen MR) is 173 cm³/mol. The largest absolute Gasteiger partial charge is 0.481 e. The molecule has 5 aromatic rings. The zero-order valence-corrected chi connectivity index (χ0v) is 26.8. The van der Waals surface area contributed by atoms with Crippen LogP contribution in [0.4, 0.5) is 8.78 Å². The van der Waals surface area contributed by atoms with Crippen molar-refractivity contribution >= 4 is 26.7 Å². The Morgan fingerprint density at radius 3 is 2.74 bits per heavy atom. The molecule has 0 fully saturated rings. The Morgan fingerprint density at radius 1 is 1.11 bits per heavy atom. The molecule has 246 valence electrons. The van der Waals surface area contributed by atoms with E-state index >= 15 is 8.78 Å². The van der Waals surface area contributed by atoms with Gasteiger partial charge in [-0.2, -0.15) is 5.10 Å². The third-order valence-corrected chi connectivity index (χ3v) is 10.3. The lowest BCUT2D eigenvalue weighted by atomic mass is 9.98. The average molecular weight is 664 g/mol. The van der Waals surface area contributed by atoms with E-state index in [1.807, 2.05) is 24.3 Å². The molecular weight excluding hydrogens is 628 g/mol. The van der Waals surface area contributed by atoms with Crippen LogP contribution in [0.2, 0.25) is 0 Å². The Bertz CT molecular complexity index is 2050. The number of rotatable bonds is 4. The number of nitrogens with one attached hydrogen (secondary N) is 1. The van der Waals surface area contributed by atoms with Crippen molar-refractivity contribution < 1.29 is 36.6 Å². The highest BCUT2D eigenvalue weighted by atomic mass is 32.2. The molecule has 12 heteroatoms.